The van der Waals surface area contributed by atoms with E-state index in [1.165, 1.54) is 17.7 Å². The first-order valence-electron chi connectivity index (χ1n) is 5.29. The molecule has 0 saturated heterocycles. The highest BCUT2D eigenvalue weighted by atomic mass is 19.1. The fraction of sp³-hybridized carbons (Fsp3) is 0.385. The zero-order valence-electron chi connectivity index (χ0n) is 9.85. The van der Waals surface area contributed by atoms with Crippen LogP contribution in [-0.4, -0.2) is 13.1 Å². The van der Waals surface area contributed by atoms with Crippen LogP contribution in [0, 0.1) is 11.6 Å². The summed E-state index contributed by atoms with van der Waals surface area (Å²) >= 11 is 0. The second kappa shape index (κ2) is 5.75. The molecule has 1 aromatic rings. The average Bonchev–Trinajstić information content (AvgIpc) is 2.20. The molecule has 3 heteroatoms. The molecule has 0 aliphatic rings. The number of allylic oxidation sites excluding steroid dienone is 1. The van der Waals surface area contributed by atoms with Crippen LogP contribution in [0.2, 0.25) is 0 Å². The van der Waals surface area contributed by atoms with Gasteiger partial charge in [0, 0.05) is 12.1 Å². The molecule has 1 unspecified atom stereocenters. The molecule has 16 heavy (non-hydrogen) atoms. The molecule has 88 valence electrons. The molecule has 0 spiro atoms. The number of rotatable bonds is 4. The van der Waals surface area contributed by atoms with Crippen molar-refractivity contribution in [1.29, 1.82) is 0 Å². The van der Waals surface area contributed by atoms with Gasteiger partial charge in [-0.1, -0.05) is 17.7 Å². The van der Waals surface area contributed by atoms with Crippen molar-refractivity contribution < 1.29 is 8.78 Å². The molecular weight excluding hydrogens is 208 g/mol. The molecule has 0 amide bonds. The second-order valence-electron chi connectivity index (χ2n) is 4.08. The molecule has 1 N–H and O–H groups in total. The number of likely N-dealkylation sites (N-methyl/N-ethyl adjacent to an activating group) is 1. The third kappa shape index (κ3) is 3.74. The Labute approximate surface area is 95.2 Å². The van der Waals surface area contributed by atoms with Gasteiger partial charge in [-0.3, -0.25) is 0 Å². The van der Waals surface area contributed by atoms with Crippen LogP contribution in [0.1, 0.15) is 19.4 Å². The van der Waals surface area contributed by atoms with Crippen LogP contribution in [0.15, 0.2) is 29.8 Å². The Morgan fingerprint density at radius 2 is 2.06 bits per heavy atom. The van der Waals surface area contributed by atoms with Crippen molar-refractivity contribution in [1.82, 2.24) is 5.32 Å². The van der Waals surface area contributed by atoms with Gasteiger partial charge in [-0.15, -0.1) is 0 Å². The lowest BCUT2D eigenvalue weighted by Gasteiger charge is -2.13. The summed E-state index contributed by atoms with van der Waals surface area (Å²) in [7, 11) is 1.82. The first-order chi connectivity index (χ1) is 7.52. The Bertz CT molecular complexity index is 382. The quantitative estimate of drug-likeness (QED) is 0.776. The van der Waals surface area contributed by atoms with Crippen molar-refractivity contribution >= 4 is 0 Å². The molecule has 0 fully saturated rings. The molecule has 1 atom stereocenters. The maximum atomic E-state index is 13.4. The van der Waals surface area contributed by atoms with Crippen molar-refractivity contribution in [2.75, 3.05) is 7.05 Å². The van der Waals surface area contributed by atoms with Gasteiger partial charge in [-0.2, -0.15) is 0 Å². The van der Waals surface area contributed by atoms with Gasteiger partial charge in [-0.05, 0) is 38.9 Å². The van der Waals surface area contributed by atoms with E-state index in [9.17, 15) is 8.78 Å². The van der Waals surface area contributed by atoms with Gasteiger partial charge in [0.1, 0.15) is 11.6 Å². The zero-order valence-corrected chi connectivity index (χ0v) is 9.85. The average molecular weight is 225 g/mol. The van der Waals surface area contributed by atoms with Crippen LogP contribution in [0.5, 0.6) is 0 Å². The van der Waals surface area contributed by atoms with Crippen LogP contribution in [-0.2, 0) is 6.42 Å². The van der Waals surface area contributed by atoms with Gasteiger partial charge >= 0.3 is 0 Å². The van der Waals surface area contributed by atoms with E-state index in [-0.39, 0.29) is 6.04 Å². The molecule has 0 saturated carbocycles. The van der Waals surface area contributed by atoms with E-state index >= 15 is 0 Å². The SMILES string of the molecule is CNC(C=C(C)C)Cc1ccc(F)cc1F. The number of benzene rings is 1. The summed E-state index contributed by atoms with van der Waals surface area (Å²) in [5, 5.41) is 3.09. The predicted molar refractivity (Wildman–Crippen MR) is 62.3 cm³/mol. The third-order valence-electron chi connectivity index (χ3n) is 2.36. The highest BCUT2D eigenvalue weighted by molar-refractivity contribution is 5.21. The Kier molecular flexibility index (Phi) is 4.62. The summed E-state index contributed by atoms with van der Waals surface area (Å²) in [6.45, 7) is 3.98. The summed E-state index contributed by atoms with van der Waals surface area (Å²) < 4.78 is 26.1. The lowest BCUT2D eigenvalue weighted by atomic mass is 10.0. The van der Waals surface area contributed by atoms with Crippen molar-refractivity contribution in [2.24, 2.45) is 0 Å². The number of halogens is 2. The summed E-state index contributed by atoms with van der Waals surface area (Å²) in [6, 6.07) is 3.77. The Morgan fingerprint density at radius 3 is 2.56 bits per heavy atom. The fourth-order valence-electron chi connectivity index (χ4n) is 1.57. The minimum Gasteiger partial charge on any atom is -0.313 e. The number of hydrogen-bond acceptors (Lipinski definition) is 1. The van der Waals surface area contributed by atoms with Crippen molar-refractivity contribution in [3.05, 3.63) is 47.0 Å². The van der Waals surface area contributed by atoms with Crippen LogP contribution in [0.25, 0.3) is 0 Å². The summed E-state index contributed by atoms with van der Waals surface area (Å²) in [6.07, 6.45) is 2.55. The minimum atomic E-state index is -0.538. The third-order valence-corrected chi connectivity index (χ3v) is 2.36. The molecule has 0 radical (unpaired) electrons. The predicted octanol–water partition coefficient (Wildman–Crippen LogP) is 3.06. The molecule has 0 aliphatic heterocycles. The molecule has 0 aliphatic carbocycles. The Hall–Kier alpha value is -1.22. The van der Waals surface area contributed by atoms with Gasteiger partial charge in [0.2, 0.25) is 0 Å². The van der Waals surface area contributed by atoms with Crippen LogP contribution in [0.3, 0.4) is 0 Å². The molecule has 0 heterocycles. The van der Waals surface area contributed by atoms with E-state index in [1.807, 2.05) is 27.0 Å². The molecule has 1 nitrogen and oxygen atoms in total. The maximum absolute atomic E-state index is 13.4. The largest absolute Gasteiger partial charge is 0.313 e. The van der Waals surface area contributed by atoms with Crippen molar-refractivity contribution in [3.8, 4) is 0 Å². The monoisotopic (exact) mass is 225 g/mol. The first-order valence-corrected chi connectivity index (χ1v) is 5.29. The van der Waals surface area contributed by atoms with E-state index < -0.39 is 11.6 Å². The Morgan fingerprint density at radius 1 is 1.38 bits per heavy atom. The molecule has 1 aromatic carbocycles. The van der Waals surface area contributed by atoms with E-state index in [4.69, 9.17) is 0 Å². The smallest absolute Gasteiger partial charge is 0.129 e. The van der Waals surface area contributed by atoms with Gasteiger partial charge in [0.25, 0.3) is 0 Å². The van der Waals surface area contributed by atoms with E-state index in [0.717, 1.165) is 6.07 Å². The standard InChI is InChI=1S/C13H17F2N/c1-9(2)6-12(16-3)7-10-4-5-11(14)8-13(10)15/h4-6,8,12,16H,7H2,1-3H3. The highest BCUT2D eigenvalue weighted by Gasteiger charge is 2.09. The van der Waals surface area contributed by atoms with Gasteiger partial charge in [-0.25, -0.2) is 8.78 Å². The molecule has 1 rings (SSSR count). The van der Waals surface area contributed by atoms with E-state index in [0.29, 0.717) is 12.0 Å². The van der Waals surface area contributed by atoms with Crippen LogP contribution in [0.4, 0.5) is 8.78 Å². The van der Waals surface area contributed by atoms with Gasteiger partial charge in [0.05, 0.1) is 0 Å². The van der Waals surface area contributed by atoms with Crippen molar-refractivity contribution in [3.63, 3.8) is 0 Å². The minimum absolute atomic E-state index is 0.0740. The van der Waals surface area contributed by atoms with Crippen LogP contribution >= 0.6 is 0 Å². The van der Waals surface area contributed by atoms with E-state index in [2.05, 4.69) is 5.32 Å². The molecular formula is C13H17F2N. The number of hydrogen-bond donors (Lipinski definition) is 1. The summed E-state index contributed by atoms with van der Waals surface area (Å²) in [4.78, 5) is 0. The Balaban J connectivity index is 2.82. The van der Waals surface area contributed by atoms with Crippen molar-refractivity contribution in [2.45, 2.75) is 26.3 Å². The van der Waals surface area contributed by atoms with Gasteiger partial charge < -0.3 is 5.32 Å². The lowest BCUT2D eigenvalue weighted by Crippen LogP contribution is -2.26. The molecule has 0 bridgehead atoms. The van der Waals surface area contributed by atoms with E-state index in [1.54, 1.807) is 0 Å². The fourth-order valence-corrected chi connectivity index (χ4v) is 1.57. The number of nitrogens with one attached hydrogen (secondary N) is 1. The molecule has 0 aromatic heterocycles. The highest BCUT2D eigenvalue weighted by Crippen LogP contribution is 2.12. The lowest BCUT2D eigenvalue weighted by molar-refractivity contribution is 0.559. The maximum Gasteiger partial charge on any atom is 0.129 e. The summed E-state index contributed by atoms with van der Waals surface area (Å²) in [5.74, 6) is -1.02. The normalized spacial score (nSPS) is 12.3. The zero-order chi connectivity index (χ0) is 12.1. The first kappa shape index (κ1) is 12.8. The van der Waals surface area contributed by atoms with Gasteiger partial charge in [0.15, 0.2) is 0 Å². The topological polar surface area (TPSA) is 12.0 Å². The summed E-state index contributed by atoms with van der Waals surface area (Å²) in [5.41, 5.74) is 1.69. The van der Waals surface area contributed by atoms with Crippen LogP contribution < -0.4 is 5.32 Å². The second-order valence-corrected chi connectivity index (χ2v) is 4.08.